The number of anilines is 1. The Morgan fingerprint density at radius 2 is 2.33 bits per heavy atom. The van der Waals surface area contributed by atoms with Crippen LogP contribution < -0.4 is 10.9 Å². The molecule has 0 aliphatic carbocycles. The van der Waals surface area contributed by atoms with Crippen LogP contribution in [0.3, 0.4) is 0 Å². The molecule has 0 atom stereocenters. The van der Waals surface area contributed by atoms with E-state index in [1.807, 2.05) is 13.1 Å². The van der Waals surface area contributed by atoms with E-state index in [1.54, 1.807) is 0 Å². The molecule has 2 N–H and O–H groups in total. The number of aromatic amines is 1. The molecule has 2 aromatic rings. The number of H-pyrrole nitrogens is 1. The average molecular weight is 306 g/mol. The topological polar surface area (TPSA) is 75.6 Å². The molecule has 0 saturated carbocycles. The van der Waals surface area contributed by atoms with Gasteiger partial charge in [0, 0.05) is 12.2 Å². The summed E-state index contributed by atoms with van der Waals surface area (Å²) in [6, 6.07) is 0. The van der Waals surface area contributed by atoms with Crippen LogP contribution in [0.15, 0.2) is 17.2 Å². The normalized spacial score (nSPS) is 10.3. The van der Waals surface area contributed by atoms with Crippen molar-refractivity contribution in [3.8, 4) is 12.3 Å². The maximum absolute atomic E-state index is 12.1. The predicted molar refractivity (Wildman–Crippen MR) is 82.5 cm³/mol. The average Bonchev–Trinajstić information content (AvgIpc) is 2.87. The van der Waals surface area contributed by atoms with E-state index >= 15 is 0 Å². The van der Waals surface area contributed by atoms with Crippen molar-refractivity contribution in [3.05, 3.63) is 39.0 Å². The van der Waals surface area contributed by atoms with Gasteiger partial charge < -0.3 is 5.32 Å². The van der Waals surface area contributed by atoms with Gasteiger partial charge >= 0.3 is 0 Å². The first kappa shape index (κ1) is 15.1. The van der Waals surface area contributed by atoms with Crippen molar-refractivity contribution in [3.63, 3.8) is 0 Å². The minimum Gasteiger partial charge on any atom is -0.379 e. The summed E-state index contributed by atoms with van der Waals surface area (Å²) < 4.78 is 1.20. The SMILES string of the molecule is C#CCn1ncc(Cl)c(NCCCc2cn[nH]c2C)c1=O. The van der Waals surface area contributed by atoms with Gasteiger partial charge in [0.2, 0.25) is 0 Å². The molecule has 0 saturated heterocycles. The van der Waals surface area contributed by atoms with Crippen LogP contribution in [-0.2, 0) is 13.0 Å². The van der Waals surface area contributed by atoms with Crippen LogP contribution in [0.4, 0.5) is 5.69 Å². The van der Waals surface area contributed by atoms with Crippen molar-refractivity contribution in [2.45, 2.75) is 26.3 Å². The summed E-state index contributed by atoms with van der Waals surface area (Å²) in [5.74, 6) is 2.38. The molecule has 2 rings (SSSR count). The van der Waals surface area contributed by atoms with Crippen molar-refractivity contribution in [2.24, 2.45) is 0 Å². The zero-order valence-electron chi connectivity index (χ0n) is 11.7. The number of aromatic nitrogens is 4. The fourth-order valence-corrected chi connectivity index (χ4v) is 2.14. The molecule has 110 valence electrons. The molecule has 21 heavy (non-hydrogen) atoms. The lowest BCUT2D eigenvalue weighted by molar-refractivity contribution is 0.663. The highest BCUT2D eigenvalue weighted by Crippen LogP contribution is 2.15. The summed E-state index contributed by atoms with van der Waals surface area (Å²) in [6.07, 6.45) is 10.2. The molecule has 0 amide bonds. The Morgan fingerprint density at radius 1 is 1.52 bits per heavy atom. The number of terminal acetylenes is 1. The molecule has 2 aromatic heterocycles. The van der Waals surface area contributed by atoms with Gasteiger partial charge in [0.15, 0.2) is 0 Å². The standard InChI is InChI=1S/C14H16ClN5O/c1-3-7-20-14(21)13(12(15)9-18-20)16-6-4-5-11-8-17-19-10(11)2/h1,8-9,16H,4-7H2,2H3,(H,17,19). The smallest absolute Gasteiger partial charge is 0.292 e. The molecule has 0 fully saturated rings. The molecule has 0 radical (unpaired) electrons. The van der Waals surface area contributed by atoms with E-state index in [9.17, 15) is 4.79 Å². The second-order valence-corrected chi connectivity index (χ2v) is 4.99. The van der Waals surface area contributed by atoms with Crippen molar-refractivity contribution < 1.29 is 0 Å². The number of nitrogens with one attached hydrogen (secondary N) is 2. The fourth-order valence-electron chi connectivity index (χ4n) is 1.95. The number of halogens is 1. The lowest BCUT2D eigenvalue weighted by Crippen LogP contribution is -2.26. The van der Waals surface area contributed by atoms with E-state index in [0.29, 0.717) is 17.3 Å². The van der Waals surface area contributed by atoms with Crippen LogP contribution >= 0.6 is 11.6 Å². The summed E-state index contributed by atoms with van der Waals surface area (Å²) in [7, 11) is 0. The first-order chi connectivity index (χ1) is 10.1. The Balaban J connectivity index is 1.97. The van der Waals surface area contributed by atoms with Gasteiger partial charge in [-0.15, -0.1) is 6.42 Å². The molecule has 0 aromatic carbocycles. The van der Waals surface area contributed by atoms with Gasteiger partial charge in [-0.2, -0.15) is 10.2 Å². The molecule has 2 heterocycles. The second kappa shape index (κ2) is 6.95. The van der Waals surface area contributed by atoms with E-state index in [1.165, 1.54) is 16.4 Å². The molecular formula is C14H16ClN5O. The number of nitrogens with zero attached hydrogens (tertiary/aromatic N) is 3. The third-order valence-electron chi connectivity index (χ3n) is 3.10. The maximum Gasteiger partial charge on any atom is 0.292 e. The van der Waals surface area contributed by atoms with E-state index in [2.05, 4.69) is 26.5 Å². The largest absolute Gasteiger partial charge is 0.379 e. The molecule has 7 heteroatoms. The number of hydrogen-bond donors (Lipinski definition) is 2. The minimum atomic E-state index is -0.306. The zero-order chi connectivity index (χ0) is 15.2. The first-order valence-corrected chi connectivity index (χ1v) is 6.93. The maximum atomic E-state index is 12.1. The van der Waals surface area contributed by atoms with Gasteiger partial charge in [-0.1, -0.05) is 17.5 Å². The monoisotopic (exact) mass is 305 g/mol. The van der Waals surface area contributed by atoms with Gasteiger partial charge in [-0.3, -0.25) is 9.89 Å². The highest BCUT2D eigenvalue weighted by Gasteiger charge is 2.09. The molecule has 0 unspecified atom stereocenters. The number of hydrogen-bond acceptors (Lipinski definition) is 4. The fraction of sp³-hybridized carbons (Fsp3) is 0.357. The quantitative estimate of drug-likeness (QED) is 0.628. The van der Waals surface area contributed by atoms with E-state index in [0.717, 1.165) is 18.5 Å². The van der Waals surface area contributed by atoms with Crippen molar-refractivity contribution in [1.29, 1.82) is 0 Å². The summed E-state index contributed by atoms with van der Waals surface area (Å²) in [4.78, 5) is 12.1. The second-order valence-electron chi connectivity index (χ2n) is 4.59. The van der Waals surface area contributed by atoms with Gasteiger partial charge in [0.25, 0.3) is 5.56 Å². The Hall–Kier alpha value is -2.26. The molecule has 0 aliphatic heterocycles. The van der Waals surface area contributed by atoms with Crippen LogP contribution in [0, 0.1) is 19.3 Å². The van der Waals surface area contributed by atoms with Crippen LogP contribution in [0.1, 0.15) is 17.7 Å². The summed E-state index contributed by atoms with van der Waals surface area (Å²) in [6.45, 7) is 2.73. The highest BCUT2D eigenvalue weighted by atomic mass is 35.5. The summed E-state index contributed by atoms with van der Waals surface area (Å²) in [5.41, 5.74) is 2.27. The van der Waals surface area contributed by atoms with Gasteiger partial charge in [-0.25, -0.2) is 4.68 Å². The molecule has 0 spiro atoms. The first-order valence-electron chi connectivity index (χ1n) is 6.55. The zero-order valence-corrected chi connectivity index (χ0v) is 12.4. The third-order valence-corrected chi connectivity index (χ3v) is 3.38. The summed E-state index contributed by atoms with van der Waals surface area (Å²) >= 11 is 6.00. The van der Waals surface area contributed by atoms with E-state index in [4.69, 9.17) is 18.0 Å². The van der Waals surface area contributed by atoms with Crippen molar-refractivity contribution in [2.75, 3.05) is 11.9 Å². The van der Waals surface area contributed by atoms with Crippen LogP contribution in [-0.4, -0.2) is 26.5 Å². The van der Waals surface area contributed by atoms with Gasteiger partial charge in [0.05, 0.1) is 17.4 Å². The predicted octanol–water partition coefficient (Wildman–Crippen LogP) is 1.61. The highest BCUT2D eigenvalue weighted by molar-refractivity contribution is 6.32. The Bertz CT molecular complexity index is 713. The molecular weight excluding hydrogens is 290 g/mol. The number of rotatable bonds is 6. The number of aryl methyl sites for hydroxylation is 2. The Morgan fingerprint density at radius 3 is 3.00 bits per heavy atom. The Kier molecular flexibility index (Phi) is 5.01. The van der Waals surface area contributed by atoms with Crippen LogP contribution in [0.2, 0.25) is 5.02 Å². The Labute approximate surface area is 127 Å². The lowest BCUT2D eigenvalue weighted by Gasteiger charge is -2.09. The summed E-state index contributed by atoms with van der Waals surface area (Å²) in [5, 5.41) is 14.1. The van der Waals surface area contributed by atoms with E-state index in [-0.39, 0.29) is 12.1 Å². The lowest BCUT2D eigenvalue weighted by atomic mass is 10.1. The van der Waals surface area contributed by atoms with Crippen molar-refractivity contribution in [1.82, 2.24) is 20.0 Å². The third kappa shape index (κ3) is 3.64. The molecule has 6 nitrogen and oxygen atoms in total. The van der Waals surface area contributed by atoms with Crippen LogP contribution in [0.25, 0.3) is 0 Å². The molecule has 0 aliphatic rings. The minimum absolute atomic E-state index is 0.124. The van der Waals surface area contributed by atoms with Crippen molar-refractivity contribution >= 4 is 17.3 Å². The van der Waals surface area contributed by atoms with Crippen LogP contribution in [0.5, 0.6) is 0 Å². The molecule has 0 bridgehead atoms. The van der Waals surface area contributed by atoms with Gasteiger partial charge in [-0.05, 0) is 25.3 Å². The van der Waals surface area contributed by atoms with E-state index < -0.39 is 0 Å². The van der Waals surface area contributed by atoms with Gasteiger partial charge in [0.1, 0.15) is 12.2 Å².